The number of hydrogen-bond donors (Lipinski definition) is 0. The molecule has 0 aliphatic rings. The molecule has 0 spiro atoms. The smallest absolute Gasteiger partial charge is 0.0541 e. The van der Waals surface area contributed by atoms with Crippen molar-refractivity contribution in [2.75, 3.05) is 4.90 Å². The Kier molecular flexibility index (Phi) is 7.85. The molecule has 9 aromatic carbocycles. The van der Waals surface area contributed by atoms with Gasteiger partial charge in [-0.3, -0.25) is 0 Å². The van der Waals surface area contributed by atoms with Gasteiger partial charge in [-0.25, -0.2) is 0 Å². The zero-order chi connectivity index (χ0) is 35.8. The van der Waals surface area contributed by atoms with Gasteiger partial charge in [0.05, 0.1) is 16.7 Å². The molecule has 0 saturated carbocycles. The molecule has 54 heavy (non-hydrogen) atoms. The highest BCUT2D eigenvalue weighted by atomic mass is 15.1. The van der Waals surface area contributed by atoms with Crippen LogP contribution in [0.2, 0.25) is 0 Å². The van der Waals surface area contributed by atoms with Crippen LogP contribution in [-0.4, -0.2) is 4.57 Å². The first-order valence-corrected chi connectivity index (χ1v) is 18.5. The van der Waals surface area contributed by atoms with Gasteiger partial charge in [0.2, 0.25) is 0 Å². The van der Waals surface area contributed by atoms with Crippen molar-refractivity contribution in [3.8, 4) is 39.1 Å². The molecule has 0 aliphatic heterocycles. The molecule has 0 amide bonds. The van der Waals surface area contributed by atoms with Crippen LogP contribution in [0.25, 0.3) is 71.6 Å². The van der Waals surface area contributed by atoms with Crippen molar-refractivity contribution in [3.63, 3.8) is 0 Å². The Hall–Kier alpha value is -7.16. The van der Waals surface area contributed by atoms with Crippen LogP contribution in [-0.2, 0) is 0 Å². The molecule has 0 radical (unpaired) electrons. The molecule has 0 fully saturated rings. The summed E-state index contributed by atoms with van der Waals surface area (Å²) in [5.74, 6) is 0. The summed E-state index contributed by atoms with van der Waals surface area (Å²) in [7, 11) is 0. The van der Waals surface area contributed by atoms with Crippen LogP contribution in [0.3, 0.4) is 0 Å². The minimum absolute atomic E-state index is 1.10. The van der Waals surface area contributed by atoms with Crippen LogP contribution >= 0.6 is 0 Å². The van der Waals surface area contributed by atoms with Crippen molar-refractivity contribution in [2.24, 2.45) is 0 Å². The SMILES string of the molecule is c1ccc(N(c2ccc(-c3ccc4ccccc4c3)cc2)c2ccc(-c3ccccc3-c3ccccc3-n3c4ccccc4c4ccccc43)cc2)cc1. The summed E-state index contributed by atoms with van der Waals surface area (Å²) >= 11 is 0. The largest absolute Gasteiger partial charge is 0.311 e. The highest BCUT2D eigenvalue weighted by molar-refractivity contribution is 6.10. The highest BCUT2D eigenvalue weighted by Gasteiger charge is 2.18. The zero-order valence-electron chi connectivity index (χ0n) is 29.7. The summed E-state index contributed by atoms with van der Waals surface area (Å²) in [5.41, 5.74) is 14.1. The zero-order valence-corrected chi connectivity index (χ0v) is 29.7. The molecule has 0 bridgehead atoms. The van der Waals surface area contributed by atoms with Gasteiger partial charge in [-0.2, -0.15) is 0 Å². The average molecular weight is 689 g/mol. The lowest BCUT2D eigenvalue weighted by molar-refractivity contribution is 1.18. The van der Waals surface area contributed by atoms with E-state index in [4.69, 9.17) is 0 Å². The molecule has 0 saturated heterocycles. The lowest BCUT2D eigenvalue weighted by Crippen LogP contribution is -2.09. The Morgan fingerprint density at radius 3 is 1.46 bits per heavy atom. The quantitative estimate of drug-likeness (QED) is 0.162. The van der Waals surface area contributed by atoms with Gasteiger partial charge in [-0.15, -0.1) is 0 Å². The van der Waals surface area contributed by atoms with Crippen molar-refractivity contribution in [2.45, 2.75) is 0 Å². The molecule has 10 aromatic rings. The number of fused-ring (bicyclic) bond motifs is 4. The van der Waals surface area contributed by atoms with Gasteiger partial charge in [-0.1, -0.05) is 158 Å². The Balaban J connectivity index is 1.03. The number of rotatable bonds is 7. The maximum atomic E-state index is 2.42. The molecule has 2 nitrogen and oxygen atoms in total. The van der Waals surface area contributed by atoms with Gasteiger partial charge in [0, 0.05) is 33.4 Å². The van der Waals surface area contributed by atoms with Crippen molar-refractivity contribution in [3.05, 3.63) is 218 Å². The number of nitrogens with zero attached hydrogens (tertiary/aromatic N) is 2. The lowest BCUT2D eigenvalue weighted by atomic mass is 9.93. The first-order valence-electron chi connectivity index (χ1n) is 18.5. The number of aromatic nitrogens is 1. The fraction of sp³-hybridized carbons (Fsp3) is 0. The third-order valence-electron chi connectivity index (χ3n) is 10.6. The second kappa shape index (κ2) is 13.4. The number of anilines is 3. The summed E-state index contributed by atoms with van der Waals surface area (Å²) in [6.45, 7) is 0. The highest BCUT2D eigenvalue weighted by Crippen LogP contribution is 2.41. The molecule has 0 unspecified atom stereocenters. The third kappa shape index (κ3) is 5.53. The monoisotopic (exact) mass is 688 g/mol. The predicted molar refractivity (Wildman–Crippen MR) is 229 cm³/mol. The number of hydrogen-bond acceptors (Lipinski definition) is 1. The van der Waals surface area contributed by atoms with Gasteiger partial charge >= 0.3 is 0 Å². The molecule has 0 N–H and O–H groups in total. The second-order valence-electron chi connectivity index (χ2n) is 13.8. The molecule has 2 heteroatoms. The third-order valence-corrected chi connectivity index (χ3v) is 10.6. The number of benzene rings is 9. The van der Waals surface area contributed by atoms with E-state index in [9.17, 15) is 0 Å². The van der Waals surface area contributed by atoms with Crippen molar-refractivity contribution in [1.82, 2.24) is 4.57 Å². The van der Waals surface area contributed by atoms with Gasteiger partial charge in [-0.05, 0) is 99.3 Å². The molecule has 0 aliphatic carbocycles. The van der Waals surface area contributed by atoms with E-state index in [1.807, 2.05) is 0 Å². The minimum atomic E-state index is 1.10. The van der Waals surface area contributed by atoms with Crippen molar-refractivity contribution in [1.29, 1.82) is 0 Å². The molecular weight excluding hydrogens is 653 g/mol. The Labute approximate surface area is 315 Å². The molecule has 1 heterocycles. The maximum Gasteiger partial charge on any atom is 0.0541 e. The summed E-state index contributed by atoms with van der Waals surface area (Å²) in [4.78, 5) is 2.33. The Morgan fingerprint density at radius 1 is 0.296 bits per heavy atom. The van der Waals surface area contributed by atoms with Gasteiger partial charge in [0.1, 0.15) is 0 Å². The van der Waals surface area contributed by atoms with Gasteiger partial charge in [0.15, 0.2) is 0 Å². The van der Waals surface area contributed by atoms with E-state index in [0.29, 0.717) is 0 Å². The van der Waals surface area contributed by atoms with Crippen LogP contribution in [0.15, 0.2) is 218 Å². The second-order valence-corrected chi connectivity index (χ2v) is 13.8. The number of para-hydroxylation sites is 4. The first kappa shape index (κ1) is 31.6. The minimum Gasteiger partial charge on any atom is -0.311 e. The standard InChI is InChI=1S/C52H36N2/c1-2-16-42(17-3-1)53(43-32-28-38(29-33-43)41-27-26-37-14-4-5-15-40(37)36-41)44-34-30-39(31-35-44)45-18-6-7-19-46(45)47-20-8-11-23-50(47)54-51-24-12-9-21-48(51)49-22-10-13-25-52(49)54/h1-36H. The summed E-state index contributed by atoms with van der Waals surface area (Å²) in [6, 6.07) is 78.8. The van der Waals surface area contributed by atoms with Crippen LogP contribution < -0.4 is 4.90 Å². The summed E-state index contributed by atoms with van der Waals surface area (Å²) < 4.78 is 2.42. The van der Waals surface area contributed by atoms with E-state index >= 15 is 0 Å². The van der Waals surface area contributed by atoms with E-state index < -0.39 is 0 Å². The topological polar surface area (TPSA) is 8.17 Å². The predicted octanol–water partition coefficient (Wildman–Crippen LogP) is 14.4. The molecule has 254 valence electrons. The Morgan fingerprint density at radius 2 is 0.778 bits per heavy atom. The molecule has 0 atom stereocenters. The molecular formula is C52H36N2. The van der Waals surface area contributed by atoms with Crippen molar-refractivity contribution < 1.29 is 0 Å². The van der Waals surface area contributed by atoms with Gasteiger partial charge < -0.3 is 9.47 Å². The van der Waals surface area contributed by atoms with Gasteiger partial charge in [0.25, 0.3) is 0 Å². The van der Waals surface area contributed by atoms with Crippen LogP contribution in [0, 0.1) is 0 Å². The maximum absolute atomic E-state index is 2.42. The van der Waals surface area contributed by atoms with Crippen molar-refractivity contribution >= 4 is 49.6 Å². The Bertz CT molecular complexity index is 2870. The first-order chi connectivity index (χ1) is 26.8. The normalized spacial score (nSPS) is 11.3. The molecule has 10 rings (SSSR count). The van der Waals surface area contributed by atoms with Crippen LogP contribution in [0.4, 0.5) is 17.1 Å². The lowest BCUT2D eigenvalue weighted by Gasteiger charge is -2.26. The average Bonchev–Trinajstić information content (AvgIpc) is 3.59. The summed E-state index contributed by atoms with van der Waals surface area (Å²) in [5, 5.41) is 5.03. The summed E-state index contributed by atoms with van der Waals surface area (Å²) in [6.07, 6.45) is 0. The van der Waals surface area contributed by atoms with E-state index in [1.54, 1.807) is 0 Å². The van der Waals surface area contributed by atoms with E-state index in [-0.39, 0.29) is 0 Å². The van der Waals surface area contributed by atoms with Crippen LogP contribution in [0.5, 0.6) is 0 Å². The fourth-order valence-electron chi connectivity index (χ4n) is 8.03. The van der Waals surface area contributed by atoms with E-state index in [2.05, 4.69) is 228 Å². The molecule has 1 aromatic heterocycles. The van der Waals surface area contributed by atoms with Crippen LogP contribution in [0.1, 0.15) is 0 Å². The van der Waals surface area contributed by atoms with E-state index in [1.165, 1.54) is 71.6 Å². The van der Waals surface area contributed by atoms with E-state index in [0.717, 1.165) is 17.1 Å². The fourth-order valence-corrected chi connectivity index (χ4v) is 8.03.